The normalized spacial score (nSPS) is 11.7. The maximum atomic E-state index is 12.4. The number of aliphatic hydroxyl groups is 1. The van der Waals surface area contributed by atoms with Crippen LogP contribution in [0.5, 0.6) is 0 Å². The van der Waals surface area contributed by atoms with Gasteiger partial charge in [-0.05, 0) is 43.3 Å². The predicted octanol–water partition coefficient (Wildman–Crippen LogP) is 4.62. The van der Waals surface area contributed by atoms with E-state index in [1.807, 2.05) is 0 Å². The van der Waals surface area contributed by atoms with Crippen molar-refractivity contribution in [3.8, 4) is 0 Å². The number of aromatic nitrogens is 3. The number of para-hydroxylation sites is 1. The molecule has 0 unspecified atom stereocenters. The third-order valence-corrected chi connectivity index (χ3v) is 5.27. The fourth-order valence-corrected chi connectivity index (χ4v) is 3.66. The highest BCUT2D eigenvalue weighted by atomic mass is 35.5. The summed E-state index contributed by atoms with van der Waals surface area (Å²) in [6, 6.07) is 13.3. The molecule has 0 radical (unpaired) electrons. The number of esters is 1. The Labute approximate surface area is 206 Å². The second kappa shape index (κ2) is 11.3. The molecule has 35 heavy (non-hydrogen) atoms. The number of ether oxygens (including phenoxy) is 1. The molecule has 0 atom stereocenters. The number of nitrogens with zero attached hydrogens (tertiary/aromatic N) is 5. The van der Waals surface area contributed by atoms with Gasteiger partial charge in [-0.15, -0.1) is 5.11 Å². The van der Waals surface area contributed by atoms with Crippen LogP contribution >= 0.6 is 22.9 Å². The van der Waals surface area contributed by atoms with Gasteiger partial charge < -0.3 is 14.9 Å². The van der Waals surface area contributed by atoms with Crippen molar-refractivity contribution in [3.05, 3.63) is 74.6 Å². The SMILES string of the molecule is CC(=O)O.CCOC(=O)/C(N=Nc1ccc(Cl)cc1)=C(/O)c1nn2c(nc(=O)c3ccccc32)s1. The van der Waals surface area contributed by atoms with Crippen LogP contribution in [0.15, 0.2) is 69.3 Å². The molecule has 0 saturated heterocycles. The lowest BCUT2D eigenvalue weighted by Gasteiger charge is -2.03. The van der Waals surface area contributed by atoms with Crippen molar-refractivity contribution < 1.29 is 24.5 Å². The van der Waals surface area contributed by atoms with Gasteiger partial charge in [0.2, 0.25) is 10.7 Å². The van der Waals surface area contributed by atoms with Gasteiger partial charge in [-0.1, -0.05) is 35.1 Å². The summed E-state index contributed by atoms with van der Waals surface area (Å²) < 4.78 is 6.41. The number of azo groups is 1. The summed E-state index contributed by atoms with van der Waals surface area (Å²) in [7, 11) is 0. The van der Waals surface area contributed by atoms with Crippen molar-refractivity contribution >= 4 is 62.2 Å². The Hall–Kier alpha value is -4.16. The van der Waals surface area contributed by atoms with Crippen LogP contribution in [0.1, 0.15) is 18.9 Å². The van der Waals surface area contributed by atoms with Gasteiger partial charge in [0.1, 0.15) is 0 Å². The molecule has 0 spiro atoms. The van der Waals surface area contributed by atoms with Crippen molar-refractivity contribution in [1.29, 1.82) is 0 Å². The van der Waals surface area contributed by atoms with Gasteiger partial charge in [-0.2, -0.15) is 15.2 Å². The molecule has 2 aromatic carbocycles. The van der Waals surface area contributed by atoms with E-state index < -0.39 is 29.0 Å². The number of carbonyl (C=O) groups excluding carboxylic acids is 1. The second-order valence-corrected chi connectivity index (χ2v) is 8.04. The Bertz CT molecular complexity index is 1510. The molecular weight excluding hydrogens is 498 g/mol. The summed E-state index contributed by atoms with van der Waals surface area (Å²) in [4.78, 5) is 37.9. The van der Waals surface area contributed by atoms with E-state index in [-0.39, 0.29) is 16.6 Å². The van der Waals surface area contributed by atoms with E-state index in [0.717, 1.165) is 18.3 Å². The molecule has 2 heterocycles. The minimum Gasteiger partial charge on any atom is -0.503 e. The number of fused-ring (bicyclic) bond motifs is 3. The lowest BCUT2D eigenvalue weighted by Crippen LogP contribution is -2.09. The zero-order chi connectivity index (χ0) is 25.5. The molecule has 4 aromatic rings. The van der Waals surface area contributed by atoms with E-state index >= 15 is 0 Å². The van der Waals surface area contributed by atoms with Gasteiger partial charge >= 0.3 is 5.97 Å². The first-order chi connectivity index (χ1) is 16.7. The number of aliphatic carboxylic acids is 1. The summed E-state index contributed by atoms with van der Waals surface area (Å²) in [5, 5.41) is 31.3. The van der Waals surface area contributed by atoms with Gasteiger partial charge in [0.25, 0.3) is 11.5 Å². The predicted molar refractivity (Wildman–Crippen MR) is 130 cm³/mol. The number of carboxylic acids is 1. The molecule has 2 aromatic heterocycles. The Balaban J connectivity index is 0.000000795. The molecule has 13 heteroatoms. The fourth-order valence-electron chi connectivity index (χ4n) is 2.69. The number of carboxylic acid groups (broad SMARTS) is 1. The van der Waals surface area contributed by atoms with Gasteiger partial charge in [-0.3, -0.25) is 9.59 Å². The zero-order valence-electron chi connectivity index (χ0n) is 18.4. The molecule has 4 rings (SSSR count). The number of halogens is 1. The largest absolute Gasteiger partial charge is 0.503 e. The van der Waals surface area contributed by atoms with Gasteiger partial charge in [-0.25, -0.2) is 9.31 Å². The summed E-state index contributed by atoms with van der Waals surface area (Å²) in [6.07, 6.45) is 0. The lowest BCUT2D eigenvalue weighted by molar-refractivity contribution is -0.138. The first-order valence-corrected chi connectivity index (χ1v) is 11.2. The van der Waals surface area contributed by atoms with Gasteiger partial charge in [0.05, 0.1) is 23.2 Å². The van der Waals surface area contributed by atoms with E-state index in [0.29, 0.717) is 21.6 Å². The second-order valence-electron chi connectivity index (χ2n) is 6.65. The average Bonchev–Trinajstić information content (AvgIpc) is 3.24. The Kier molecular flexibility index (Phi) is 8.23. The first-order valence-electron chi connectivity index (χ1n) is 9.97. The van der Waals surface area contributed by atoms with E-state index in [9.17, 15) is 14.7 Å². The van der Waals surface area contributed by atoms with Crippen molar-refractivity contribution in [2.24, 2.45) is 10.2 Å². The van der Waals surface area contributed by atoms with Crippen LogP contribution in [0.25, 0.3) is 21.6 Å². The van der Waals surface area contributed by atoms with Crippen molar-refractivity contribution in [1.82, 2.24) is 14.6 Å². The highest BCUT2D eigenvalue weighted by Crippen LogP contribution is 2.26. The molecule has 0 amide bonds. The quantitative estimate of drug-likeness (QED) is 0.169. The van der Waals surface area contributed by atoms with Crippen LogP contribution in [0.4, 0.5) is 5.69 Å². The minimum absolute atomic E-state index is 0.0290. The molecule has 0 aliphatic carbocycles. The highest BCUT2D eigenvalue weighted by Gasteiger charge is 2.22. The molecule has 2 N–H and O–H groups in total. The van der Waals surface area contributed by atoms with Crippen molar-refractivity contribution in [2.45, 2.75) is 13.8 Å². The van der Waals surface area contributed by atoms with Crippen molar-refractivity contribution in [3.63, 3.8) is 0 Å². The zero-order valence-corrected chi connectivity index (χ0v) is 19.9. The first kappa shape index (κ1) is 25.5. The average molecular weight is 516 g/mol. The molecular formula is C22H18ClN5O6S. The van der Waals surface area contributed by atoms with E-state index in [2.05, 4.69) is 20.3 Å². The number of rotatable bonds is 5. The summed E-state index contributed by atoms with van der Waals surface area (Å²) in [5.41, 5.74) is 0.0972. The third kappa shape index (κ3) is 6.25. The smallest absolute Gasteiger partial charge is 0.362 e. The molecule has 0 aliphatic heterocycles. The molecule has 180 valence electrons. The van der Waals surface area contributed by atoms with Gasteiger partial charge in [0.15, 0.2) is 10.8 Å². The lowest BCUT2D eigenvalue weighted by atomic mass is 10.2. The summed E-state index contributed by atoms with van der Waals surface area (Å²) in [5.74, 6) is -2.24. The number of hydrogen-bond acceptors (Lipinski definition) is 10. The van der Waals surface area contributed by atoms with Crippen LogP contribution in [0, 0.1) is 0 Å². The summed E-state index contributed by atoms with van der Waals surface area (Å²) >= 11 is 6.78. The standard InChI is InChI=1S/C20H14ClN5O4S.C2H4O2/c1-2-30-19(29)15(24-23-12-9-7-11(21)8-10-12)16(27)18-25-26-14-6-4-3-5-13(14)17(28)22-20(26)31-18;1-2(3)4/h3-10,27H,2H2,1H3;1H3,(H,3,4)/b16-15-,24-23?;. The van der Waals surface area contributed by atoms with Crippen LogP contribution in [0.3, 0.4) is 0 Å². The van der Waals surface area contributed by atoms with Crippen LogP contribution in [0.2, 0.25) is 5.02 Å². The molecule has 0 aliphatic rings. The van der Waals surface area contributed by atoms with E-state index in [4.69, 9.17) is 26.2 Å². The van der Waals surface area contributed by atoms with Crippen molar-refractivity contribution in [2.75, 3.05) is 6.61 Å². The number of aliphatic hydroxyl groups excluding tert-OH is 1. The number of benzene rings is 2. The number of carbonyl (C=O) groups is 2. The molecule has 0 fully saturated rings. The van der Waals surface area contributed by atoms with Crippen LogP contribution in [-0.2, 0) is 14.3 Å². The van der Waals surface area contributed by atoms with Crippen LogP contribution in [-0.4, -0.2) is 43.4 Å². The fraction of sp³-hybridized carbons (Fsp3) is 0.136. The van der Waals surface area contributed by atoms with Crippen LogP contribution < -0.4 is 5.56 Å². The number of hydrogen-bond donors (Lipinski definition) is 2. The molecule has 11 nitrogen and oxygen atoms in total. The van der Waals surface area contributed by atoms with E-state index in [1.54, 1.807) is 55.5 Å². The minimum atomic E-state index is -0.871. The molecule has 0 saturated carbocycles. The highest BCUT2D eigenvalue weighted by molar-refractivity contribution is 7.17. The Morgan fingerprint density at radius 3 is 2.46 bits per heavy atom. The summed E-state index contributed by atoms with van der Waals surface area (Å²) in [6.45, 7) is 2.79. The topological polar surface area (TPSA) is 156 Å². The molecule has 0 bridgehead atoms. The monoisotopic (exact) mass is 515 g/mol. The Morgan fingerprint density at radius 2 is 1.80 bits per heavy atom. The van der Waals surface area contributed by atoms with Gasteiger partial charge in [0, 0.05) is 11.9 Å². The Morgan fingerprint density at radius 1 is 1.14 bits per heavy atom. The van der Waals surface area contributed by atoms with E-state index in [1.165, 1.54) is 4.52 Å². The maximum absolute atomic E-state index is 12.4. The maximum Gasteiger partial charge on any atom is 0.362 e. The third-order valence-electron chi connectivity index (χ3n) is 4.11.